The fourth-order valence-corrected chi connectivity index (χ4v) is 3.55. The van der Waals surface area contributed by atoms with E-state index in [4.69, 9.17) is 0 Å². The molecular weight excluding hydrogens is 322 g/mol. The number of amides is 2. The maximum atomic E-state index is 12.4. The van der Waals surface area contributed by atoms with Crippen LogP contribution in [0.2, 0.25) is 0 Å². The minimum atomic E-state index is 0.107. The third-order valence-electron chi connectivity index (χ3n) is 4.21. The van der Waals surface area contributed by atoms with Gasteiger partial charge in [0, 0.05) is 38.6 Å². The number of hydrogen-bond donors (Lipinski definition) is 0. The summed E-state index contributed by atoms with van der Waals surface area (Å²) in [5.74, 6) is 0.255. The normalized spacial score (nSPS) is 15.2. The third kappa shape index (κ3) is 4.41. The summed E-state index contributed by atoms with van der Waals surface area (Å²) in [5.41, 5.74) is 2.00. The van der Waals surface area contributed by atoms with Gasteiger partial charge < -0.3 is 9.80 Å². The summed E-state index contributed by atoms with van der Waals surface area (Å²) in [6.07, 6.45) is 5.08. The van der Waals surface area contributed by atoms with Gasteiger partial charge in [-0.2, -0.15) is 11.3 Å². The molecule has 0 atom stereocenters. The van der Waals surface area contributed by atoms with Crippen LogP contribution in [0.5, 0.6) is 0 Å². The standard InChI is InChI=1S/C18H21N3O2S/c22-17(11-15-3-1-5-19-13-15)20-6-2-7-21(9-8-20)18(23)12-16-4-10-24-14-16/h1,3-5,10,13-14H,2,6-9,11-12H2. The fraction of sp³-hybridized carbons (Fsp3) is 0.389. The van der Waals surface area contributed by atoms with Gasteiger partial charge in [-0.3, -0.25) is 14.6 Å². The van der Waals surface area contributed by atoms with Gasteiger partial charge in [-0.25, -0.2) is 0 Å². The highest BCUT2D eigenvalue weighted by atomic mass is 32.1. The topological polar surface area (TPSA) is 53.5 Å². The lowest BCUT2D eigenvalue weighted by molar-refractivity contribution is -0.132. The lowest BCUT2D eigenvalue weighted by Crippen LogP contribution is -2.38. The van der Waals surface area contributed by atoms with Gasteiger partial charge in [0.1, 0.15) is 0 Å². The summed E-state index contributed by atoms with van der Waals surface area (Å²) in [6, 6.07) is 5.75. The zero-order chi connectivity index (χ0) is 16.8. The smallest absolute Gasteiger partial charge is 0.227 e. The quantitative estimate of drug-likeness (QED) is 0.853. The number of nitrogens with zero attached hydrogens (tertiary/aromatic N) is 3. The van der Waals surface area contributed by atoms with Crippen molar-refractivity contribution >= 4 is 23.2 Å². The monoisotopic (exact) mass is 343 g/mol. The molecule has 6 heteroatoms. The van der Waals surface area contributed by atoms with Crippen LogP contribution in [0, 0.1) is 0 Å². The first-order chi connectivity index (χ1) is 11.7. The van der Waals surface area contributed by atoms with E-state index in [0.29, 0.717) is 32.5 Å². The highest BCUT2D eigenvalue weighted by Crippen LogP contribution is 2.11. The number of carbonyl (C=O) groups is 2. The molecule has 0 unspecified atom stereocenters. The molecule has 1 saturated heterocycles. The fourth-order valence-electron chi connectivity index (χ4n) is 2.89. The van der Waals surface area contributed by atoms with E-state index in [1.807, 2.05) is 38.8 Å². The molecule has 0 spiro atoms. The minimum Gasteiger partial charge on any atom is -0.341 e. The largest absolute Gasteiger partial charge is 0.341 e. The molecule has 0 saturated carbocycles. The zero-order valence-corrected chi connectivity index (χ0v) is 14.4. The Hall–Kier alpha value is -2.21. The van der Waals surface area contributed by atoms with Gasteiger partial charge in [0.15, 0.2) is 0 Å². The maximum absolute atomic E-state index is 12.4. The van der Waals surface area contributed by atoms with Crippen LogP contribution in [-0.4, -0.2) is 52.8 Å². The highest BCUT2D eigenvalue weighted by molar-refractivity contribution is 7.08. The summed E-state index contributed by atoms with van der Waals surface area (Å²) in [4.78, 5) is 32.7. The van der Waals surface area contributed by atoms with Crippen LogP contribution in [-0.2, 0) is 22.4 Å². The first-order valence-electron chi connectivity index (χ1n) is 8.18. The Kier molecular flexibility index (Phi) is 5.59. The number of thiophene rings is 1. The van der Waals surface area contributed by atoms with E-state index in [2.05, 4.69) is 4.98 Å². The van der Waals surface area contributed by atoms with Crippen LogP contribution in [0.1, 0.15) is 17.5 Å². The van der Waals surface area contributed by atoms with Gasteiger partial charge in [-0.1, -0.05) is 6.07 Å². The molecule has 2 aromatic rings. The van der Waals surface area contributed by atoms with Crippen molar-refractivity contribution in [3.05, 3.63) is 52.5 Å². The molecule has 1 aliphatic rings. The average Bonchev–Trinajstić information content (AvgIpc) is 2.96. The van der Waals surface area contributed by atoms with Crippen LogP contribution in [0.3, 0.4) is 0 Å². The molecule has 24 heavy (non-hydrogen) atoms. The summed E-state index contributed by atoms with van der Waals surface area (Å²) < 4.78 is 0. The minimum absolute atomic E-state index is 0.107. The molecule has 2 amide bonds. The molecule has 3 heterocycles. The number of aromatic nitrogens is 1. The maximum Gasteiger partial charge on any atom is 0.227 e. The Labute approximate surface area is 145 Å². The number of rotatable bonds is 4. The average molecular weight is 343 g/mol. The van der Waals surface area contributed by atoms with Crippen LogP contribution in [0.4, 0.5) is 0 Å². The van der Waals surface area contributed by atoms with Crippen molar-refractivity contribution < 1.29 is 9.59 Å². The highest BCUT2D eigenvalue weighted by Gasteiger charge is 2.22. The molecule has 1 aliphatic heterocycles. The van der Waals surface area contributed by atoms with E-state index >= 15 is 0 Å². The molecule has 0 bridgehead atoms. The van der Waals surface area contributed by atoms with Crippen LogP contribution < -0.4 is 0 Å². The van der Waals surface area contributed by atoms with E-state index < -0.39 is 0 Å². The Morgan fingerprint density at radius 3 is 2.29 bits per heavy atom. The van der Waals surface area contributed by atoms with Crippen molar-refractivity contribution in [2.24, 2.45) is 0 Å². The van der Waals surface area contributed by atoms with Gasteiger partial charge in [0.25, 0.3) is 0 Å². The molecule has 1 fully saturated rings. The molecule has 0 aromatic carbocycles. The Morgan fingerprint density at radius 2 is 1.71 bits per heavy atom. The Balaban J connectivity index is 1.52. The Bertz CT molecular complexity index is 673. The summed E-state index contributed by atoms with van der Waals surface area (Å²) >= 11 is 1.61. The second-order valence-electron chi connectivity index (χ2n) is 5.96. The van der Waals surface area contributed by atoms with Crippen molar-refractivity contribution in [1.82, 2.24) is 14.8 Å². The van der Waals surface area contributed by atoms with E-state index in [0.717, 1.165) is 24.1 Å². The molecule has 2 aromatic heterocycles. The van der Waals surface area contributed by atoms with Gasteiger partial charge >= 0.3 is 0 Å². The van der Waals surface area contributed by atoms with Crippen LogP contribution >= 0.6 is 11.3 Å². The van der Waals surface area contributed by atoms with Gasteiger partial charge in [0.2, 0.25) is 11.8 Å². The molecular formula is C18H21N3O2S. The van der Waals surface area contributed by atoms with Crippen molar-refractivity contribution in [3.8, 4) is 0 Å². The van der Waals surface area contributed by atoms with Crippen molar-refractivity contribution in [2.75, 3.05) is 26.2 Å². The second-order valence-corrected chi connectivity index (χ2v) is 6.74. The summed E-state index contributed by atoms with van der Waals surface area (Å²) in [7, 11) is 0. The summed E-state index contributed by atoms with van der Waals surface area (Å²) in [6.45, 7) is 2.65. The van der Waals surface area contributed by atoms with Crippen LogP contribution in [0.15, 0.2) is 41.4 Å². The number of hydrogen-bond acceptors (Lipinski definition) is 4. The van der Waals surface area contributed by atoms with Gasteiger partial charge in [-0.15, -0.1) is 0 Å². The van der Waals surface area contributed by atoms with Crippen molar-refractivity contribution in [1.29, 1.82) is 0 Å². The molecule has 126 valence electrons. The lowest BCUT2D eigenvalue weighted by Gasteiger charge is -2.22. The SMILES string of the molecule is O=C(Cc1cccnc1)N1CCCN(C(=O)Cc2ccsc2)CC1. The van der Waals surface area contributed by atoms with Crippen LogP contribution in [0.25, 0.3) is 0 Å². The number of pyridine rings is 1. The first-order valence-corrected chi connectivity index (χ1v) is 9.12. The van der Waals surface area contributed by atoms with E-state index in [1.54, 1.807) is 23.7 Å². The van der Waals surface area contributed by atoms with Crippen molar-refractivity contribution in [3.63, 3.8) is 0 Å². The third-order valence-corrected chi connectivity index (χ3v) is 4.95. The lowest BCUT2D eigenvalue weighted by atomic mass is 10.2. The van der Waals surface area contributed by atoms with E-state index in [9.17, 15) is 9.59 Å². The summed E-state index contributed by atoms with van der Waals surface area (Å²) in [5, 5.41) is 4.00. The van der Waals surface area contributed by atoms with Gasteiger partial charge in [-0.05, 0) is 40.4 Å². The first kappa shape index (κ1) is 16.6. The van der Waals surface area contributed by atoms with Crippen molar-refractivity contribution in [2.45, 2.75) is 19.3 Å². The molecule has 3 rings (SSSR count). The zero-order valence-electron chi connectivity index (χ0n) is 13.6. The van der Waals surface area contributed by atoms with E-state index in [1.165, 1.54) is 0 Å². The molecule has 5 nitrogen and oxygen atoms in total. The molecule has 0 aliphatic carbocycles. The predicted molar refractivity (Wildman–Crippen MR) is 93.7 cm³/mol. The number of carbonyl (C=O) groups excluding carboxylic acids is 2. The second kappa shape index (κ2) is 8.06. The predicted octanol–water partition coefficient (Wildman–Crippen LogP) is 1.99. The molecule has 0 radical (unpaired) electrons. The van der Waals surface area contributed by atoms with Gasteiger partial charge in [0.05, 0.1) is 12.8 Å². The molecule has 0 N–H and O–H groups in total. The Morgan fingerprint density at radius 1 is 1.00 bits per heavy atom. The van der Waals surface area contributed by atoms with E-state index in [-0.39, 0.29) is 11.8 Å².